The number of imidazole rings is 1. The first kappa shape index (κ1) is 9.03. The Kier molecular flexibility index (Phi) is 1.77. The molecule has 2 aromatic heterocycles. The number of benzene rings is 1. The second-order valence-electron chi connectivity index (χ2n) is 3.65. The van der Waals surface area contributed by atoms with Crippen molar-refractivity contribution in [3.05, 3.63) is 36.3 Å². The largest absolute Gasteiger partial charge is 0.325 e. The Balaban J connectivity index is 2.56. The fraction of sp³-hybridized carbons (Fsp3) is 0.0833. The van der Waals surface area contributed by atoms with Crippen LogP contribution >= 0.6 is 0 Å². The van der Waals surface area contributed by atoms with Gasteiger partial charge >= 0.3 is 0 Å². The molecular formula is C12H9N3O. The monoisotopic (exact) mass is 211 g/mol. The minimum absolute atomic E-state index is 0.436. The van der Waals surface area contributed by atoms with E-state index in [0.717, 1.165) is 28.2 Å². The number of rotatable bonds is 1. The number of aromatic nitrogens is 3. The summed E-state index contributed by atoms with van der Waals surface area (Å²) < 4.78 is 1.79. The molecule has 0 fully saturated rings. The highest BCUT2D eigenvalue weighted by Gasteiger charge is 2.09. The molecule has 78 valence electrons. The van der Waals surface area contributed by atoms with Gasteiger partial charge in [-0.05, 0) is 24.3 Å². The molecule has 0 atom stereocenters. The molecule has 1 aromatic carbocycles. The molecule has 0 aliphatic heterocycles. The number of carbonyl (C=O) groups excluding carboxylic acids is 1. The van der Waals surface area contributed by atoms with Gasteiger partial charge in [0.2, 0.25) is 0 Å². The summed E-state index contributed by atoms with van der Waals surface area (Å²) in [5.74, 6) is 0.436. The second-order valence-corrected chi connectivity index (χ2v) is 3.65. The molecule has 0 aliphatic rings. The van der Waals surface area contributed by atoms with Crippen molar-refractivity contribution in [2.45, 2.75) is 0 Å². The topological polar surface area (TPSA) is 47.8 Å². The van der Waals surface area contributed by atoms with Gasteiger partial charge in [-0.1, -0.05) is 0 Å². The van der Waals surface area contributed by atoms with Crippen molar-refractivity contribution in [1.82, 2.24) is 14.5 Å². The van der Waals surface area contributed by atoms with E-state index in [0.29, 0.717) is 5.82 Å². The van der Waals surface area contributed by atoms with Crippen LogP contribution in [-0.4, -0.2) is 20.8 Å². The van der Waals surface area contributed by atoms with Gasteiger partial charge < -0.3 is 4.57 Å². The summed E-state index contributed by atoms with van der Waals surface area (Å²) in [5.41, 5.74) is 2.67. The molecule has 0 saturated heterocycles. The summed E-state index contributed by atoms with van der Waals surface area (Å²) in [6.45, 7) is 0. The van der Waals surface area contributed by atoms with Gasteiger partial charge in [0.25, 0.3) is 0 Å². The molecule has 0 saturated carbocycles. The zero-order valence-corrected chi connectivity index (χ0v) is 8.71. The zero-order valence-electron chi connectivity index (χ0n) is 8.71. The van der Waals surface area contributed by atoms with Crippen molar-refractivity contribution in [3.8, 4) is 0 Å². The standard InChI is InChI=1S/C12H9N3O/c1-15-10-5-4-9-8(3-2-6-13-9)12(10)14-11(15)7-16/h2-7H,1H3. The smallest absolute Gasteiger partial charge is 0.185 e. The average Bonchev–Trinajstić information content (AvgIpc) is 2.67. The predicted molar refractivity (Wildman–Crippen MR) is 61.4 cm³/mol. The summed E-state index contributed by atoms with van der Waals surface area (Å²) in [5, 5.41) is 0.976. The molecule has 0 unspecified atom stereocenters. The molecule has 2 heterocycles. The third kappa shape index (κ3) is 1.07. The molecular weight excluding hydrogens is 202 g/mol. The van der Waals surface area contributed by atoms with E-state index >= 15 is 0 Å². The lowest BCUT2D eigenvalue weighted by Gasteiger charge is -1.98. The van der Waals surface area contributed by atoms with E-state index in [2.05, 4.69) is 9.97 Å². The first-order chi connectivity index (χ1) is 7.81. The Labute approximate surface area is 91.5 Å². The predicted octanol–water partition coefficient (Wildman–Crippen LogP) is 1.93. The van der Waals surface area contributed by atoms with Gasteiger partial charge in [-0.3, -0.25) is 9.78 Å². The average molecular weight is 211 g/mol. The number of fused-ring (bicyclic) bond motifs is 3. The van der Waals surface area contributed by atoms with E-state index in [-0.39, 0.29) is 0 Å². The van der Waals surface area contributed by atoms with Crippen molar-refractivity contribution in [2.24, 2.45) is 7.05 Å². The molecule has 0 N–H and O–H groups in total. The molecule has 4 heteroatoms. The van der Waals surface area contributed by atoms with Crippen molar-refractivity contribution < 1.29 is 4.79 Å². The van der Waals surface area contributed by atoms with Crippen LogP contribution in [0.15, 0.2) is 30.5 Å². The van der Waals surface area contributed by atoms with Crippen molar-refractivity contribution >= 4 is 28.2 Å². The molecule has 16 heavy (non-hydrogen) atoms. The summed E-state index contributed by atoms with van der Waals surface area (Å²) in [7, 11) is 1.83. The third-order valence-corrected chi connectivity index (χ3v) is 2.77. The first-order valence-electron chi connectivity index (χ1n) is 4.96. The Morgan fingerprint density at radius 2 is 2.19 bits per heavy atom. The molecule has 0 aliphatic carbocycles. The van der Waals surface area contributed by atoms with Gasteiger partial charge in [-0.15, -0.1) is 0 Å². The summed E-state index contributed by atoms with van der Waals surface area (Å²) >= 11 is 0. The Bertz CT molecular complexity index is 700. The number of hydrogen-bond donors (Lipinski definition) is 0. The number of hydrogen-bond acceptors (Lipinski definition) is 3. The van der Waals surface area contributed by atoms with Crippen LogP contribution in [0.3, 0.4) is 0 Å². The van der Waals surface area contributed by atoms with Crippen LogP contribution in [0.25, 0.3) is 21.9 Å². The van der Waals surface area contributed by atoms with E-state index in [9.17, 15) is 4.79 Å². The van der Waals surface area contributed by atoms with E-state index < -0.39 is 0 Å². The fourth-order valence-electron chi connectivity index (χ4n) is 1.93. The summed E-state index contributed by atoms with van der Waals surface area (Å²) in [4.78, 5) is 19.4. The number of pyridine rings is 1. The number of carbonyl (C=O) groups is 1. The molecule has 3 aromatic rings. The minimum atomic E-state index is 0.436. The third-order valence-electron chi connectivity index (χ3n) is 2.77. The second kappa shape index (κ2) is 3.13. The first-order valence-corrected chi connectivity index (χ1v) is 4.96. The molecule has 4 nitrogen and oxygen atoms in total. The lowest BCUT2D eigenvalue weighted by molar-refractivity contribution is 0.111. The lowest BCUT2D eigenvalue weighted by Crippen LogP contribution is -1.94. The highest BCUT2D eigenvalue weighted by Crippen LogP contribution is 2.23. The van der Waals surface area contributed by atoms with E-state index in [1.165, 1.54) is 0 Å². The molecule has 0 amide bonds. The quantitative estimate of drug-likeness (QED) is 0.578. The van der Waals surface area contributed by atoms with Crippen LogP contribution < -0.4 is 0 Å². The van der Waals surface area contributed by atoms with Crippen molar-refractivity contribution in [1.29, 1.82) is 0 Å². The van der Waals surface area contributed by atoms with Crippen molar-refractivity contribution in [2.75, 3.05) is 0 Å². The van der Waals surface area contributed by atoms with Crippen LogP contribution in [-0.2, 0) is 7.05 Å². The Hall–Kier alpha value is -2.23. The van der Waals surface area contributed by atoms with Crippen LogP contribution in [0.5, 0.6) is 0 Å². The SMILES string of the molecule is Cn1c(C=O)nc2c3cccnc3ccc21. The molecule has 0 bridgehead atoms. The maximum Gasteiger partial charge on any atom is 0.185 e. The van der Waals surface area contributed by atoms with Crippen LogP contribution in [0.1, 0.15) is 10.6 Å². The number of nitrogens with zero attached hydrogens (tertiary/aromatic N) is 3. The van der Waals surface area contributed by atoms with Gasteiger partial charge in [0.1, 0.15) is 0 Å². The highest BCUT2D eigenvalue weighted by atomic mass is 16.1. The lowest BCUT2D eigenvalue weighted by atomic mass is 10.2. The van der Waals surface area contributed by atoms with Gasteiger partial charge in [0.05, 0.1) is 16.6 Å². The van der Waals surface area contributed by atoms with Gasteiger partial charge in [0, 0.05) is 18.6 Å². The van der Waals surface area contributed by atoms with Crippen LogP contribution in [0.4, 0.5) is 0 Å². The number of aldehydes is 1. The fourth-order valence-corrected chi connectivity index (χ4v) is 1.93. The van der Waals surface area contributed by atoms with E-state index in [1.807, 2.05) is 31.3 Å². The Morgan fingerprint density at radius 1 is 1.31 bits per heavy atom. The normalized spacial score (nSPS) is 11.1. The maximum atomic E-state index is 10.8. The van der Waals surface area contributed by atoms with Gasteiger partial charge in [-0.25, -0.2) is 4.98 Å². The maximum absolute atomic E-state index is 10.8. The van der Waals surface area contributed by atoms with Crippen molar-refractivity contribution in [3.63, 3.8) is 0 Å². The summed E-state index contributed by atoms with van der Waals surface area (Å²) in [6.07, 6.45) is 2.51. The van der Waals surface area contributed by atoms with Gasteiger partial charge in [0.15, 0.2) is 12.1 Å². The molecule has 0 spiro atoms. The van der Waals surface area contributed by atoms with Crippen LogP contribution in [0, 0.1) is 0 Å². The van der Waals surface area contributed by atoms with Crippen LogP contribution in [0.2, 0.25) is 0 Å². The number of aryl methyl sites for hydroxylation is 1. The Morgan fingerprint density at radius 3 is 3.00 bits per heavy atom. The molecule has 3 rings (SSSR count). The highest BCUT2D eigenvalue weighted by molar-refractivity contribution is 6.03. The zero-order chi connectivity index (χ0) is 11.1. The molecule has 0 radical (unpaired) electrons. The van der Waals surface area contributed by atoms with Gasteiger partial charge in [-0.2, -0.15) is 0 Å². The van der Waals surface area contributed by atoms with E-state index in [1.54, 1.807) is 10.8 Å². The summed E-state index contributed by atoms with van der Waals surface area (Å²) in [6, 6.07) is 7.71. The van der Waals surface area contributed by atoms with E-state index in [4.69, 9.17) is 0 Å². The minimum Gasteiger partial charge on any atom is -0.325 e.